The van der Waals surface area contributed by atoms with Gasteiger partial charge in [-0.3, -0.25) is 9.59 Å². The summed E-state index contributed by atoms with van der Waals surface area (Å²) < 4.78 is 0. The highest BCUT2D eigenvalue weighted by molar-refractivity contribution is 5.90. The summed E-state index contributed by atoms with van der Waals surface area (Å²) in [6.45, 7) is 10.9. The second-order valence-corrected chi connectivity index (χ2v) is 7.40. The van der Waals surface area contributed by atoms with E-state index in [1.165, 1.54) is 0 Å². The van der Waals surface area contributed by atoms with Crippen LogP contribution in [0.5, 0.6) is 0 Å². The van der Waals surface area contributed by atoms with Gasteiger partial charge in [-0.2, -0.15) is 0 Å². The molecule has 4 heteroatoms. The summed E-state index contributed by atoms with van der Waals surface area (Å²) in [5.41, 5.74) is 0.183. The number of hydrogen-bond acceptors (Lipinski definition) is 2. The van der Waals surface area contributed by atoms with Gasteiger partial charge in [-0.05, 0) is 30.6 Å². The molecule has 2 atom stereocenters. The van der Waals surface area contributed by atoms with Crippen molar-refractivity contribution in [2.45, 2.75) is 59.4 Å². The molecule has 2 unspecified atom stereocenters. The summed E-state index contributed by atoms with van der Waals surface area (Å²) in [7, 11) is 0. The van der Waals surface area contributed by atoms with E-state index in [1.807, 2.05) is 9.80 Å². The molecule has 2 rings (SSSR count). The van der Waals surface area contributed by atoms with E-state index in [0.29, 0.717) is 18.9 Å². The minimum absolute atomic E-state index is 0.161. The van der Waals surface area contributed by atoms with E-state index in [4.69, 9.17) is 0 Å². The molecule has 0 aromatic heterocycles. The zero-order valence-corrected chi connectivity index (χ0v) is 13.3. The van der Waals surface area contributed by atoms with E-state index in [2.05, 4.69) is 27.7 Å². The molecular weight excluding hydrogens is 252 g/mol. The predicted molar refractivity (Wildman–Crippen MR) is 79.2 cm³/mol. The number of hydrogen-bond donors (Lipinski definition) is 0. The molecule has 2 saturated heterocycles. The highest BCUT2D eigenvalue weighted by atomic mass is 16.2. The van der Waals surface area contributed by atoms with Crippen LogP contribution in [0, 0.1) is 11.3 Å². The Labute approximate surface area is 122 Å². The molecule has 114 valence electrons. The number of fused-ring (bicyclic) bond motifs is 1. The third kappa shape index (κ3) is 3.15. The minimum Gasteiger partial charge on any atom is -0.340 e. The summed E-state index contributed by atoms with van der Waals surface area (Å²) in [5.74, 6) is 0.761. The fourth-order valence-corrected chi connectivity index (χ4v) is 2.97. The first-order chi connectivity index (χ1) is 9.30. The highest BCUT2D eigenvalue weighted by Gasteiger charge is 2.38. The first-order valence-electron chi connectivity index (χ1n) is 7.89. The average molecular weight is 280 g/mol. The van der Waals surface area contributed by atoms with Gasteiger partial charge in [0.15, 0.2) is 0 Å². The molecule has 0 saturated carbocycles. The van der Waals surface area contributed by atoms with Crippen molar-refractivity contribution in [2.75, 3.05) is 19.6 Å². The Morgan fingerprint density at radius 3 is 2.55 bits per heavy atom. The average Bonchev–Trinajstić information content (AvgIpc) is 2.50. The van der Waals surface area contributed by atoms with E-state index >= 15 is 0 Å². The molecule has 0 aromatic rings. The lowest BCUT2D eigenvalue weighted by molar-refractivity contribution is -0.143. The maximum Gasteiger partial charge on any atom is 0.245 e. The summed E-state index contributed by atoms with van der Waals surface area (Å²) in [6, 6.07) is -0.189. The Bertz CT molecular complexity index is 386. The van der Waals surface area contributed by atoms with Gasteiger partial charge in [0.05, 0.1) is 0 Å². The maximum absolute atomic E-state index is 12.7. The van der Waals surface area contributed by atoms with Crippen molar-refractivity contribution in [2.24, 2.45) is 11.3 Å². The smallest absolute Gasteiger partial charge is 0.245 e. The van der Waals surface area contributed by atoms with E-state index in [0.717, 1.165) is 32.4 Å². The van der Waals surface area contributed by atoms with Crippen LogP contribution in [0.2, 0.25) is 0 Å². The van der Waals surface area contributed by atoms with Crippen molar-refractivity contribution in [1.82, 2.24) is 9.80 Å². The molecule has 20 heavy (non-hydrogen) atoms. The second kappa shape index (κ2) is 5.74. The lowest BCUT2D eigenvalue weighted by Crippen LogP contribution is -2.50. The fourth-order valence-electron chi connectivity index (χ4n) is 2.97. The lowest BCUT2D eigenvalue weighted by Gasteiger charge is -2.36. The van der Waals surface area contributed by atoms with Gasteiger partial charge in [-0.1, -0.05) is 27.7 Å². The van der Waals surface area contributed by atoms with Crippen LogP contribution in [0.4, 0.5) is 0 Å². The molecule has 2 aliphatic rings. The topological polar surface area (TPSA) is 40.6 Å². The zero-order valence-electron chi connectivity index (χ0n) is 13.3. The van der Waals surface area contributed by atoms with E-state index in [9.17, 15) is 9.59 Å². The first-order valence-corrected chi connectivity index (χ1v) is 7.89. The van der Waals surface area contributed by atoms with Crippen LogP contribution in [0.1, 0.15) is 53.4 Å². The molecule has 4 nitrogen and oxygen atoms in total. The molecular formula is C16H28N2O2. The SMILES string of the molecule is CC(CN1CCC(=O)N2CCCCC2C1=O)C(C)(C)C. The molecule has 2 fully saturated rings. The second-order valence-electron chi connectivity index (χ2n) is 7.40. The van der Waals surface area contributed by atoms with Crippen LogP contribution in [-0.2, 0) is 9.59 Å². The minimum atomic E-state index is -0.189. The molecule has 2 amide bonds. The maximum atomic E-state index is 12.7. The molecule has 0 aromatic carbocycles. The van der Waals surface area contributed by atoms with Gasteiger partial charge in [-0.25, -0.2) is 0 Å². The molecule has 0 radical (unpaired) electrons. The van der Waals surface area contributed by atoms with Crippen LogP contribution in [-0.4, -0.2) is 47.3 Å². The molecule has 2 aliphatic heterocycles. The number of rotatable bonds is 2. The van der Waals surface area contributed by atoms with Crippen molar-refractivity contribution >= 4 is 11.8 Å². The molecule has 0 bridgehead atoms. The highest BCUT2D eigenvalue weighted by Crippen LogP contribution is 2.28. The lowest BCUT2D eigenvalue weighted by atomic mass is 9.81. The Balaban J connectivity index is 2.11. The van der Waals surface area contributed by atoms with Crippen molar-refractivity contribution in [1.29, 1.82) is 0 Å². The normalized spacial score (nSPS) is 26.3. The Morgan fingerprint density at radius 1 is 1.20 bits per heavy atom. The van der Waals surface area contributed by atoms with Gasteiger partial charge >= 0.3 is 0 Å². The standard InChI is InChI=1S/C16H28N2O2/c1-12(16(2,3)4)11-17-10-8-14(19)18-9-6-5-7-13(18)15(17)20/h12-13H,5-11H2,1-4H3. The number of amides is 2. The quantitative estimate of drug-likeness (QED) is 0.778. The molecule has 0 N–H and O–H groups in total. The Hall–Kier alpha value is -1.06. The van der Waals surface area contributed by atoms with Crippen molar-refractivity contribution in [3.63, 3.8) is 0 Å². The van der Waals surface area contributed by atoms with Gasteiger partial charge in [0.25, 0.3) is 0 Å². The van der Waals surface area contributed by atoms with Crippen LogP contribution < -0.4 is 0 Å². The number of piperidine rings is 1. The van der Waals surface area contributed by atoms with Gasteiger partial charge in [0, 0.05) is 26.1 Å². The number of carbonyl (C=O) groups excluding carboxylic acids is 2. The summed E-state index contributed by atoms with van der Waals surface area (Å²) in [4.78, 5) is 28.7. The van der Waals surface area contributed by atoms with Crippen molar-refractivity contribution in [3.05, 3.63) is 0 Å². The molecule has 0 spiro atoms. The van der Waals surface area contributed by atoms with Gasteiger partial charge < -0.3 is 9.80 Å². The van der Waals surface area contributed by atoms with E-state index < -0.39 is 0 Å². The van der Waals surface area contributed by atoms with Crippen LogP contribution >= 0.6 is 0 Å². The van der Waals surface area contributed by atoms with Gasteiger partial charge in [-0.15, -0.1) is 0 Å². The Morgan fingerprint density at radius 2 is 1.90 bits per heavy atom. The van der Waals surface area contributed by atoms with Crippen molar-refractivity contribution in [3.8, 4) is 0 Å². The molecule has 0 aliphatic carbocycles. The predicted octanol–water partition coefficient (Wildman–Crippen LogP) is 2.28. The summed E-state index contributed by atoms with van der Waals surface area (Å²) in [6.07, 6.45) is 3.42. The third-order valence-corrected chi connectivity index (χ3v) is 4.99. The largest absolute Gasteiger partial charge is 0.340 e. The van der Waals surface area contributed by atoms with Crippen molar-refractivity contribution < 1.29 is 9.59 Å². The number of nitrogens with zero attached hydrogens (tertiary/aromatic N) is 2. The first kappa shape index (κ1) is 15.3. The van der Waals surface area contributed by atoms with Gasteiger partial charge in [0.2, 0.25) is 11.8 Å². The Kier molecular flexibility index (Phi) is 4.40. The molecule has 2 heterocycles. The van der Waals surface area contributed by atoms with Crippen LogP contribution in [0.25, 0.3) is 0 Å². The fraction of sp³-hybridized carbons (Fsp3) is 0.875. The number of carbonyl (C=O) groups is 2. The van der Waals surface area contributed by atoms with E-state index in [-0.39, 0.29) is 23.3 Å². The van der Waals surface area contributed by atoms with Crippen LogP contribution in [0.3, 0.4) is 0 Å². The third-order valence-electron chi connectivity index (χ3n) is 4.99. The van der Waals surface area contributed by atoms with E-state index in [1.54, 1.807) is 0 Å². The summed E-state index contributed by atoms with van der Waals surface area (Å²) in [5, 5.41) is 0. The van der Waals surface area contributed by atoms with Gasteiger partial charge in [0.1, 0.15) is 6.04 Å². The van der Waals surface area contributed by atoms with Crippen LogP contribution in [0.15, 0.2) is 0 Å². The summed E-state index contributed by atoms with van der Waals surface area (Å²) >= 11 is 0. The zero-order chi connectivity index (χ0) is 14.9. The monoisotopic (exact) mass is 280 g/mol.